The summed E-state index contributed by atoms with van der Waals surface area (Å²) in [6, 6.07) is 16.5. The standard InChI is InChI=1S/C23H25NO5/c1-2-28-22(26)15-14-21(25)20-12-10-18(11-13-20)9-6-16-24-23(27)29-17-19-7-4-3-5-8-19/h3-13H,2,14-17H2,1H3,(H,24,27). The monoisotopic (exact) mass is 395 g/mol. The SMILES string of the molecule is CCOC(=O)CCC(=O)c1ccc(C=CCNC(=O)OCc2ccccc2)cc1. The summed E-state index contributed by atoms with van der Waals surface area (Å²) in [4.78, 5) is 35.1. The highest BCUT2D eigenvalue weighted by Crippen LogP contribution is 2.10. The van der Waals surface area contributed by atoms with Gasteiger partial charge in [0.15, 0.2) is 5.78 Å². The van der Waals surface area contributed by atoms with E-state index in [1.54, 1.807) is 25.1 Å². The van der Waals surface area contributed by atoms with E-state index in [4.69, 9.17) is 9.47 Å². The lowest BCUT2D eigenvalue weighted by molar-refractivity contribution is -0.143. The van der Waals surface area contributed by atoms with Crippen LogP contribution in [0.3, 0.4) is 0 Å². The fraction of sp³-hybridized carbons (Fsp3) is 0.261. The molecule has 0 aromatic heterocycles. The molecule has 6 nitrogen and oxygen atoms in total. The van der Waals surface area contributed by atoms with Crippen LogP contribution in [-0.2, 0) is 20.9 Å². The van der Waals surface area contributed by atoms with Gasteiger partial charge in [-0.25, -0.2) is 4.79 Å². The van der Waals surface area contributed by atoms with E-state index in [9.17, 15) is 14.4 Å². The Hall–Kier alpha value is -3.41. The van der Waals surface area contributed by atoms with Gasteiger partial charge in [-0.05, 0) is 18.1 Å². The van der Waals surface area contributed by atoms with Gasteiger partial charge in [-0.2, -0.15) is 0 Å². The fourth-order valence-electron chi connectivity index (χ4n) is 2.48. The van der Waals surface area contributed by atoms with Gasteiger partial charge in [-0.15, -0.1) is 0 Å². The van der Waals surface area contributed by atoms with Gasteiger partial charge in [-0.3, -0.25) is 9.59 Å². The third-order valence-corrected chi connectivity index (χ3v) is 3.98. The first-order valence-electron chi connectivity index (χ1n) is 9.48. The van der Waals surface area contributed by atoms with Crippen molar-refractivity contribution in [1.82, 2.24) is 5.32 Å². The molecule has 0 bridgehead atoms. The first-order chi connectivity index (χ1) is 14.1. The molecule has 2 rings (SSSR count). The van der Waals surface area contributed by atoms with E-state index in [2.05, 4.69) is 5.32 Å². The van der Waals surface area contributed by atoms with Crippen molar-refractivity contribution < 1.29 is 23.9 Å². The highest BCUT2D eigenvalue weighted by Gasteiger charge is 2.09. The van der Waals surface area contributed by atoms with Crippen LogP contribution in [0.25, 0.3) is 6.08 Å². The van der Waals surface area contributed by atoms with Crippen LogP contribution in [0.15, 0.2) is 60.7 Å². The molecule has 0 aliphatic carbocycles. The Kier molecular flexibility index (Phi) is 9.15. The molecule has 0 aliphatic heterocycles. The number of rotatable bonds is 10. The summed E-state index contributed by atoms with van der Waals surface area (Å²) in [5.74, 6) is -0.466. The zero-order valence-corrected chi connectivity index (χ0v) is 16.4. The number of benzene rings is 2. The topological polar surface area (TPSA) is 81.7 Å². The van der Waals surface area contributed by atoms with Crippen LogP contribution < -0.4 is 5.32 Å². The summed E-state index contributed by atoms with van der Waals surface area (Å²) in [6.45, 7) is 2.60. The van der Waals surface area contributed by atoms with Gasteiger partial charge in [0.25, 0.3) is 0 Å². The summed E-state index contributed by atoms with van der Waals surface area (Å²) in [7, 11) is 0. The molecule has 152 valence electrons. The van der Waals surface area contributed by atoms with Crippen LogP contribution in [0.2, 0.25) is 0 Å². The normalized spacial score (nSPS) is 10.5. The summed E-state index contributed by atoms with van der Waals surface area (Å²) in [5.41, 5.74) is 2.37. The molecule has 1 amide bonds. The number of ketones is 1. The molecule has 0 atom stereocenters. The molecule has 0 saturated heterocycles. The largest absolute Gasteiger partial charge is 0.466 e. The maximum absolute atomic E-state index is 12.1. The number of hydrogen-bond acceptors (Lipinski definition) is 5. The number of carbonyl (C=O) groups excluding carboxylic acids is 3. The van der Waals surface area contributed by atoms with Crippen LogP contribution in [0.1, 0.15) is 41.3 Å². The van der Waals surface area contributed by atoms with Crippen molar-refractivity contribution in [2.45, 2.75) is 26.4 Å². The van der Waals surface area contributed by atoms with Gasteiger partial charge in [-0.1, -0.05) is 66.7 Å². The lowest BCUT2D eigenvalue weighted by atomic mass is 10.0. The van der Waals surface area contributed by atoms with Crippen LogP contribution in [0.5, 0.6) is 0 Å². The van der Waals surface area contributed by atoms with Crippen molar-refractivity contribution in [3.8, 4) is 0 Å². The van der Waals surface area contributed by atoms with Crippen molar-refractivity contribution in [2.75, 3.05) is 13.2 Å². The second-order valence-corrected chi connectivity index (χ2v) is 6.20. The number of ether oxygens (including phenoxy) is 2. The lowest BCUT2D eigenvalue weighted by Crippen LogP contribution is -2.24. The Morgan fingerprint density at radius 2 is 1.66 bits per heavy atom. The molecule has 0 unspecified atom stereocenters. The first kappa shape index (κ1) is 21.9. The number of Topliss-reactive ketones (excluding diaryl/α,β-unsaturated/α-hetero) is 1. The van der Waals surface area contributed by atoms with Gasteiger partial charge < -0.3 is 14.8 Å². The zero-order chi connectivity index (χ0) is 20.9. The predicted octanol–water partition coefficient (Wildman–Crippen LogP) is 4.15. The highest BCUT2D eigenvalue weighted by atomic mass is 16.5. The smallest absolute Gasteiger partial charge is 0.407 e. The molecule has 0 saturated carbocycles. The molecular formula is C23H25NO5. The van der Waals surface area contributed by atoms with Crippen LogP contribution in [-0.4, -0.2) is 31.0 Å². The number of carbonyl (C=O) groups is 3. The second-order valence-electron chi connectivity index (χ2n) is 6.20. The van der Waals surface area contributed by atoms with E-state index in [-0.39, 0.29) is 31.2 Å². The third-order valence-electron chi connectivity index (χ3n) is 3.98. The van der Waals surface area contributed by atoms with E-state index in [1.165, 1.54) is 0 Å². The average Bonchev–Trinajstić information content (AvgIpc) is 2.75. The summed E-state index contributed by atoms with van der Waals surface area (Å²) < 4.78 is 9.94. The number of nitrogens with one attached hydrogen (secondary N) is 1. The van der Waals surface area contributed by atoms with Gasteiger partial charge in [0.05, 0.1) is 13.0 Å². The van der Waals surface area contributed by atoms with Crippen LogP contribution in [0, 0.1) is 0 Å². The third kappa shape index (κ3) is 8.43. The van der Waals surface area contributed by atoms with Crippen molar-refractivity contribution in [3.63, 3.8) is 0 Å². The number of hydrogen-bond donors (Lipinski definition) is 1. The van der Waals surface area contributed by atoms with Crippen molar-refractivity contribution in [1.29, 1.82) is 0 Å². The van der Waals surface area contributed by atoms with Crippen molar-refractivity contribution in [3.05, 3.63) is 77.4 Å². The van der Waals surface area contributed by atoms with Gasteiger partial charge in [0.1, 0.15) is 6.61 Å². The summed E-state index contributed by atoms with van der Waals surface area (Å²) in [5, 5.41) is 2.64. The first-order valence-corrected chi connectivity index (χ1v) is 9.48. The predicted molar refractivity (Wildman–Crippen MR) is 110 cm³/mol. The Balaban J connectivity index is 1.70. The lowest BCUT2D eigenvalue weighted by Gasteiger charge is -2.05. The minimum absolute atomic E-state index is 0.0837. The molecule has 29 heavy (non-hydrogen) atoms. The van der Waals surface area contributed by atoms with E-state index >= 15 is 0 Å². The molecule has 0 aliphatic rings. The molecule has 6 heteroatoms. The van der Waals surface area contributed by atoms with Crippen LogP contribution >= 0.6 is 0 Å². The quantitative estimate of drug-likeness (QED) is 0.483. The molecule has 2 aromatic carbocycles. The highest BCUT2D eigenvalue weighted by molar-refractivity contribution is 5.97. The number of alkyl carbamates (subject to hydrolysis) is 1. The van der Waals surface area contributed by atoms with E-state index in [0.29, 0.717) is 18.7 Å². The number of esters is 1. The molecular weight excluding hydrogens is 370 g/mol. The maximum atomic E-state index is 12.1. The Morgan fingerprint density at radius 3 is 2.34 bits per heavy atom. The van der Waals surface area contributed by atoms with Crippen molar-refractivity contribution >= 4 is 23.9 Å². The second kappa shape index (κ2) is 12.1. The Labute approximate surface area is 170 Å². The van der Waals surface area contributed by atoms with Gasteiger partial charge in [0, 0.05) is 18.5 Å². The zero-order valence-electron chi connectivity index (χ0n) is 16.4. The molecule has 0 fully saturated rings. The summed E-state index contributed by atoms with van der Waals surface area (Å²) in [6.07, 6.45) is 3.36. The van der Waals surface area contributed by atoms with E-state index in [0.717, 1.165) is 11.1 Å². The molecule has 0 heterocycles. The average molecular weight is 395 g/mol. The Morgan fingerprint density at radius 1 is 0.931 bits per heavy atom. The van der Waals surface area contributed by atoms with E-state index < -0.39 is 6.09 Å². The molecule has 2 aromatic rings. The van der Waals surface area contributed by atoms with Crippen LogP contribution in [0.4, 0.5) is 4.79 Å². The number of amides is 1. The Bertz CT molecular complexity index is 828. The van der Waals surface area contributed by atoms with E-state index in [1.807, 2.05) is 48.5 Å². The minimum Gasteiger partial charge on any atom is -0.466 e. The maximum Gasteiger partial charge on any atom is 0.407 e. The van der Waals surface area contributed by atoms with Gasteiger partial charge >= 0.3 is 12.1 Å². The fourth-order valence-corrected chi connectivity index (χ4v) is 2.48. The minimum atomic E-state index is -0.485. The molecule has 0 spiro atoms. The summed E-state index contributed by atoms with van der Waals surface area (Å²) >= 11 is 0. The van der Waals surface area contributed by atoms with Crippen molar-refractivity contribution in [2.24, 2.45) is 0 Å². The van der Waals surface area contributed by atoms with Gasteiger partial charge in [0.2, 0.25) is 0 Å². The molecule has 1 N–H and O–H groups in total. The molecule has 0 radical (unpaired) electrons.